The van der Waals surface area contributed by atoms with E-state index in [0.29, 0.717) is 13.0 Å². The molecule has 0 aromatic rings. The fraction of sp³-hybridized carbons (Fsp3) is 0.947. The first-order valence-corrected chi connectivity index (χ1v) is 11.8. The van der Waals surface area contributed by atoms with E-state index in [-0.39, 0.29) is 19.6 Å². The van der Waals surface area contributed by atoms with Crippen molar-refractivity contribution in [3.8, 4) is 0 Å². The lowest BCUT2D eigenvalue weighted by Crippen LogP contribution is -2.33. The van der Waals surface area contributed by atoms with Crippen molar-refractivity contribution in [3.05, 3.63) is 0 Å². The summed E-state index contributed by atoms with van der Waals surface area (Å²) in [5, 5.41) is -1.63. The molecule has 0 amide bonds. The Bertz CT molecular complexity index is 451. The SMILES string of the molecule is CCCCCCCCCCOC(=O)C(CCOOCCCCC)S(=O)(=O)O. The first-order chi connectivity index (χ1) is 12.9. The predicted octanol–water partition coefficient (Wildman–Crippen LogP) is 4.46. The van der Waals surface area contributed by atoms with Crippen LogP contribution in [0.1, 0.15) is 90.9 Å². The van der Waals surface area contributed by atoms with E-state index >= 15 is 0 Å². The molecule has 0 spiro atoms. The molecular formula is C19H38O7S. The topological polar surface area (TPSA) is 99.1 Å². The van der Waals surface area contributed by atoms with Crippen molar-refractivity contribution < 1.29 is 32.3 Å². The van der Waals surface area contributed by atoms with E-state index in [1.807, 2.05) is 0 Å². The molecule has 0 saturated heterocycles. The summed E-state index contributed by atoms with van der Waals surface area (Å²) in [6.07, 6.45) is 11.5. The molecule has 162 valence electrons. The first kappa shape index (κ1) is 26.3. The van der Waals surface area contributed by atoms with Crippen LogP contribution in [0.5, 0.6) is 0 Å². The lowest BCUT2D eigenvalue weighted by Gasteiger charge is -2.13. The van der Waals surface area contributed by atoms with E-state index in [9.17, 15) is 17.8 Å². The zero-order chi connectivity index (χ0) is 20.4. The number of carbonyl (C=O) groups is 1. The highest BCUT2D eigenvalue weighted by Crippen LogP contribution is 2.11. The summed E-state index contributed by atoms with van der Waals surface area (Å²) in [6, 6.07) is 0. The van der Waals surface area contributed by atoms with Crippen LogP contribution in [0.2, 0.25) is 0 Å². The average Bonchev–Trinajstić information content (AvgIpc) is 2.61. The molecule has 0 aliphatic rings. The van der Waals surface area contributed by atoms with Crippen molar-refractivity contribution >= 4 is 16.1 Å². The number of esters is 1. The van der Waals surface area contributed by atoms with Crippen LogP contribution in [0.4, 0.5) is 0 Å². The molecule has 0 fully saturated rings. The van der Waals surface area contributed by atoms with Gasteiger partial charge in [-0.25, -0.2) is 9.78 Å². The van der Waals surface area contributed by atoms with Gasteiger partial charge in [0, 0.05) is 6.42 Å². The average molecular weight is 411 g/mol. The molecule has 27 heavy (non-hydrogen) atoms. The van der Waals surface area contributed by atoms with E-state index in [4.69, 9.17) is 14.5 Å². The summed E-state index contributed by atoms with van der Waals surface area (Å²) < 4.78 is 37.0. The Balaban J connectivity index is 3.91. The Morgan fingerprint density at radius 2 is 1.26 bits per heavy atom. The van der Waals surface area contributed by atoms with Gasteiger partial charge < -0.3 is 4.74 Å². The molecule has 0 aliphatic heterocycles. The third kappa shape index (κ3) is 16.0. The zero-order valence-corrected chi connectivity index (χ0v) is 17.8. The minimum atomic E-state index is -4.54. The second kappa shape index (κ2) is 17.4. The summed E-state index contributed by atoms with van der Waals surface area (Å²) in [5.41, 5.74) is 0. The summed E-state index contributed by atoms with van der Waals surface area (Å²) >= 11 is 0. The number of unbranched alkanes of at least 4 members (excludes halogenated alkanes) is 9. The molecule has 7 nitrogen and oxygen atoms in total. The molecule has 0 bridgehead atoms. The van der Waals surface area contributed by atoms with Crippen LogP contribution in [0.25, 0.3) is 0 Å². The molecule has 8 heteroatoms. The quantitative estimate of drug-likeness (QED) is 0.110. The van der Waals surface area contributed by atoms with Gasteiger partial charge in [0.2, 0.25) is 0 Å². The highest BCUT2D eigenvalue weighted by molar-refractivity contribution is 7.87. The number of ether oxygens (including phenoxy) is 1. The van der Waals surface area contributed by atoms with Gasteiger partial charge in [0.05, 0.1) is 19.8 Å². The molecular weight excluding hydrogens is 372 g/mol. The second-order valence-corrected chi connectivity index (χ2v) is 8.38. The fourth-order valence-electron chi connectivity index (χ4n) is 2.57. The summed E-state index contributed by atoms with van der Waals surface area (Å²) in [4.78, 5) is 21.7. The Hall–Kier alpha value is -0.700. The van der Waals surface area contributed by atoms with Crippen LogP contribution in [-0.2, 0) is 29.4 Å². The van der Waals surface area contributed by atoms with Crippen LogP contribution >= 0.6 is 0 Å². The standard InChI is InChI=1S/C19H38O7S/c1-3-5-7-8-9-10-11-13-15-24-19(20)18(27(21,22)23)14-17-26-25-16-12-6-4-2/h18H,3-17H2,1-2H3,(H,21,22,23). The fourth-order valence-corrected chi connectivity index (χ4v) is 3.28. The number of carbonyl (C=O) groups excluding carboxylic acids is 1. The van der Waals surface area contributed by atoms with Crippen LogP contribution < -0.4 is 0 Å². The van der Waals surface area contributed by atoms with Crippen molar-refractivity contribution in [2.75, 3.05) is 19.8 Å². The van der Waals surface area contributed by atoms with Crippen molar-refractivity contribution in [1.82, 2.24) is 0 Å². The van der Waals surface area contributed by atoms with Gasteiger partial charge in [-0.05, 0) is 12.8 Å². The maximum atomic E-state index is 11.9. The Kier molecular flexibility index (Phi) is 17.0. The van der Waals surface area contributed by atoms with Gasteiger partial charge in [-0.3, -0.25) is 9.35 Å². The van der Waals surface area contributed by atoms with Gasteiger partial charge >= 0.3 is 5.97 Å². The number of hydrogen-bond acceptors (Lipinski definition) is 6. The van der Waals surface area contributed by atoms with Crippen molar-refractivity contribution in [1.29, 1.82) is 0 Å². The highest BCUT2D eigenvalue weighted by Gasteiger charge is 2.32. The van der Waals surface area contributed by atoms with Crippen LogP contribution in [-0.4, -0.2) is 44.0 Å². The van der Waals surface area contributed by atoms with E-state index in [1.54, 1.807) is 0 Å². The summed E-state index contributed by atoms with van der Waals surface area (Å²) in [7, 11) is -4.54. The summed E-state index contributed by atoms with van der Waals surface area (Å²) in [5.74, 6) is -0.935. The lowest BCUT2D eigenvalue weighted by molar-refractivity contribution is -0.295. The van der Waals surface area contributed by atoms with Gasteiger partial charge in [0.1, 0.15) is 0 Å². The largest absolute Gasteiger partial charge is 0.465 e. The van der Waals surface area contributed by atoms with Crippen LogP contribution in [0.3, 0.4) is 0 Å². The van der Waals surface area contributed by atoms with Gasteiger partial charge in [-0.15, -0.1) is 0 Å². The molecule has 0 rings (SSSR count). The van der Waals surface area contributed by atoms with Gasteiger partial charge in [0.25, 0.3) is 10.1 Å². The maximum Gasteiger partial charge on any atom is 0.326 e. The van der Waals surface area contributed by atoms with Crippen molar-refractivity contribution in [2.24, 2.45) is 0 Å². The smallest absolute Gasteiger partial charge is 0.326 e. The van der Waals surface area contributed by atoms with E-state index in [1.165, 1.54) is 25.7 Å². The molecule has 1 unspecified atom stereocenters. The van der Waals surface area contributed by atoms with Gasteiger partial charge in [-0.1, -0.05) is 71.6 Å². The van der Waals surface area contributed by atoms with Crippen LogP contribution in [0.15, 0.2) is 0 Å². The maximum absolute atomic E-state index is 11.9. The molecule has 0 heterocycles. The van der Waals surface area contributed by atoms with E-state index in [2.05, 4.69) is 13.8 Å². The molecule has 0 aromatic heterocycles. The zero-order valence-electron chi connectivity index (χ0n) is 17.0. The molecule has 0 radical (unpaired) electrons. The van der Waals surface area contributed by atoms with Crippen molar-refractivity contribution in [2.45, 2.75) is 96.1 Å². The monoisotopic (exact) mass is 410 g/mol. The molecule has 0 saturated carbocycles. The molecule has 1 N–H and O–H groups in total. The third-order valence-corrected chi connectivity index (χ3v) is 5.39. The first-order valence-electron chi connectivity index (χ1n) is 10.3. The highest BCUT2D eigenvalue weighted by atomic mass is 32.2. The second-order valence-electron chi connectivity index (χ2n) is 6.79. The third-order valence-electron chi connectivity index (χ3n) is 4.24. The van der Waals surface area contributed by atoms with Gasteiger partial charge in [0.15, 0.2) is 5.25 Å². The number of hydrogen-bond donors (Lipinski definition) is 1. The van der Waals surface area contributed by atoms with Gasteiger partial charge in [-0.2, -0.15) is 8.42 Å². The normalized spacial score (nSPS) is 12.9. The lowest BCUT2D eigenvalue weighted by atomic mass is 10.1. The minimum absolute atomic E-state index is 0.108. The van der Waals surface area contributed by atoms with E-state index in [0.717, 1.165) is 38.5 Å². The molecule has 0 aromatic carbocycles. The summed E-state index contributed by atoms with van der Waals surface area (Å²) in [6.45, 7) is 4.71. The van der Waals surface area contributed by atoms with E-state index < -0.39 is 21.3 Å². The predicted molar refractivity (Wildman–Crippen MR) is 105 cm³/mol. The van der Waals surface area contributed by atoms with Crippen LogP contribution in [0, 0.1) is 0 Å². The molecule has 0 aliphatic carbocycles. The Labute approximate surface area is 164 Å². The minimum Gasteiger partial charge on any atom is -0.465 e. The van der Waals surface area contributed by atoms with Crippen molar-refractivity contribution in [3.63, 3.8) is 0 Å². The molecule has 1 atom stereocenters. The Morgan fingerprint density at radius 1 is 0.778 bits per heavy atom. The number of rotatable bonds is 19. The Morgan fingerprint density at radius 3 is 1.85 bits per heavy atom.